The van der Waals surface area contributed by atoms with E-state index in [0.717, 1.165) is 10.6 Å². The Bertz CT molecular complexity index is 709. The van der Waals surface area contributed by atoms with Crippen molar-refractivity contribution in [1.29, 1.82) is 0 Å². The second-order valence-corrected chi connectivity index (χ2v) is 4.70. The minimum absolute atomic E-state index is 0.0779. The average molecular weight is 274 g/mol. The van der Waals surface area contributed by atoms with Gasteiger partial charge in [-0.3, -0.25) is 4.40 Å². The van der Waals surface area contributed by atoms with Gasteiger partial charge >= 0.3 is 0 Å². The van der Waals surface area contributed by atoms with Crippen molar-refractivity contribution in [3.8, 4) is 0 Å². The normalized spacial score (nSPS) is 12.5. The highest BCUT2D eigenvalue weighted by atomic mass is 35.5. The van der Waals surface area contributed by atoms with Gasteiger partial charge in [-0.05, 0) is 24.6 Å². The van der Waals surface area contributed by atoms with Crippen LogP contribution in [-0.2, 0) is 0 Å². The van der Waals surface area contributed by atoms with Gasteiger partial charge in [-0.25, -0.2) is 4.98 Å². The van der Waals surface area contributed by atoms with E-state index in [2.05, 4.69) is 20.5 Å². The van der Waals surface area contributed by atoms with Gasteiger partial charge in [0, 0.05) is 17.4 Å². The maximum atomic E-state index is 6.00. The molecule has 1 unspecified atom stereocenters. The van der Waals surface area contributed by atoms with Crippen LogP contribution in [-0.4, -0.2) is 19.6 Å². The van der Waals surface area contributed by atoms with Crippen LogP contribution in [0.4, 0.5) is 5.82 Å². The molecule has 6 heteroatoms. The topological polar surface area (TPSA) is 55.1 Å². The fraction of sp³-hybridized carbons (Fsp3) is 0.154. The number of fused-ring (bicyclic) bond motifs is 1. The van der Waals surface area contributed by atoms with Crippen LogP contribution in [0.25, 0.3) is 5.65 Å². The molecule has 0 fully saturated rings. The number of aromatic nitrogens is 4. The predicted molar refractivity (Wildman–Crippen MR) is 74.3 cm³/mol. The van der Waals surface area contributed by atoms with Crippen molar-refractivity contribution in [3.05, 3.63) is 53.6 Å². The molecule has 3 aromatic rings. The zero-order chi connectivity index (χ0) is 13.2. The Balaban J connectivity index is 1.90. The Morgan fingerprint density at radius 1 is 1.37 bits per heavy atom. The van der Waals surface area contributed by atoms with Crippen molar-refractivity contribution in [2.75, 3.05) is 5.32 Å². The summed E-state index contributed by atoms with van der Waals surface area (Å²) < 4.78 is 1.82. The highest BCUT2D eigenvalue weighted by Gasteiger charge is 2.10. The van der Waals surface area contributed by atoms with E-state index in [4.69, 9.17) is 11.6 Å². The number of halogens is 1. The Labute approximate surface area is 115 Å². The summed E-state index contributed by atoms with van der Waals surface area (Å²) in [6, 6.07) is 7.82. The van der Waals surface area contributed by atoms with Crippen LogP contribution in [0.1, 0.15) is 18.5 Å². The van der Waals surface area contributed by atoms with Crippen LogP contribution in [0.5, 0.6) is 0 Å². The molecule has 0 amide bonds. The smallest absolute Gasteiger partial charge is 0.203 e. The van der Waals surface area contributed by atoms with Crippen LogP contribution in [0.15, 0.2) is 43.0 Å². The summed E-state index contributed by atoms with van der Waals surface area (Å²) in [4.78, 5) is 4.30. The molecule has 0 spiro atoms. The van der Waals surface area contributed by atoms with Crippen molar-refractivity contribution in [2.24, 2.45) is 0 Å². The average Bonchev–Trinajstić information content (AvgIpc) is 2.88. The van der Waals surface area contributed by atoms with E-state index in [1.54, 1.807) is 12.5 Å². The van der Waals surface area contributed by atoms with E-state index in [9.17, 15) is 0 Å². The van der Waals surface area contributed by atoms with E-state index in [0.29, 0.717) is 11.5 Å². The molecule has 1 aromatic carbocycles. The largest absolute Gasteiger partial charge is 0.360 e. The van der Waals surface area contributed by atoms with Crippen molar-refractivity contribution < 1.29 is 0 Å². The summed E-state index contributed by atoms with van der Waals surface area (Å²) in [5.41, 5.74) is 1.80. The highest BCUT2D eigenvalue weighted by Crippen LogP contribution is 2.22. The fourth-order valence-electron chi connectivity index (χ4n) is 1.92. The van der Waals surface area contributed by atoms with E-state index in [1.807, 2.05) is 41.8 Å². The zero-order valence-electron chi connectivity index (χ0n) is 10.3. The maximum Gasteiger partial charge on any atom is 0.203 e. The van der Waals surface area contributed by atoms with Gasteiger partial charge in [0.1, 0.15) is 6.33 Å². The zero-order valence-corrected chi connectivity index (χ0v) is 11.0. The van der Waals surface area contributed by atoms with Crippen LogP contribution in [0.2, 0.25) is 5.02 Å². The van der Waals surface area contributed by atoms with Crippen molar-refractivity contribution in [1.82, 2.24) is 19.6 Å². The quantitative estimate of drug-likeness (QED) is 0.797. The lowest BCUT2D eigenvalue weighted by Crippen LogP contribution is -2.09. The first kappa shape index (κ1) is 11.9. The third kappa shape index (κ3) is 2.37. The lowest BCUT2D eigenvalue weighted by molar-refractivity contribution is 0.872. The van der Waals surface area contributed by atoms with E-state index >= 15 is 0 Å². The first-order valence-corrected chi connectivity index (χ1v) is 6.28. The number of hydrogen-bond acceptors (Lipinski definition) is 4. The second-order valence-electron chi connectivity index (χ2n) is 4.26. The summed E-state index contributed by atoms with van der Waals surface area (Å²) in [6.07, 6.45) is 5.17. The van der Waals surface area contributed by atoms with Gasteiger partial charge < -0.3 is 5.32 Å². The molecule has 19 heavy (non-hydrogen) atoms. The van der Waals surface area contributed by atoms with Crippen molar-refractivity contribution in [3.63, 3.8) is 0 Å². The number of anilines is 1. The van der Waals surface area contributed by atoms with Gasteiger partial charge in [-0.2, -0.15) is 0 Å². The van der Waals surface area contributed by atoms with Gasteiger partial charge in [0.05, 0.1) is 6.04 Å². The molecule has 2 heterocycles. The minimum Gasteiger partial charge on any atom is -0.360 e. The third-order valence-electron chi connectivity index (χ3n) is 2.92. The fourth-order valence-corrected chi connectivity index (χ4v) is 2.12. The Hall–Kier alpha value is -2.14. The molecule has 1 atom stereocenters. The summed E-state index contributed by atoms with van der Waals surface area (Å²) in [5.74, 6) is 0.701. The van der Waals surface area contributed by atoms with Crippen LogP contribution < -0.4 is 5.32 Å². The van der Waals surface area contributed by atoms with Gasteiger partial charge in [0.25, 0.3) is 0 Å². The molecule has 0 aliphatic carbocycles. The van der Waals surface area contributed by atoms with Gasteiger partial charge in [0.15, 0.2) is 5.82 Å². The minimum atomic E-state index is 0.0779. The number of nitrogens with zero attached hydrogens (tertiary/aromatic N) is 4. The third-order valence-corrected chi connectivity index (χ3v) is 3.15. The molecular formula is C13H12ClN5. The second kappa shape index (κ2) is 4.85. The predicted octanol–water partition coefficient (Wildman–Crippen LogP) is 2.95. The molecule has 96 valence electrons. The molecule has 0 radical (unpaired) electrons. The molecule has 0 saturated carbocycles. The molecule has 5 nitrogen and oxygen atoms in total. The SMILES string of the molecule is CC(Nc1nccn2cnnc12)c1cccc(Cl)c1. The molecule has 0 saturated heterocycles. The summed E-state index contributed by atoms with van der Waals surface area (Å²) in [5, 5.41) is 12.0. The monoisotopic (exact) mass is 273 g/mol. The molecule has 3 rings (SSSR count). The Morgan fingerprint density at radius 2 is 2.26 bits per heavy atom. The summed E-state index contributed by atoms with van der Waals surface area (Å²) in [6.45, 7) is 2.05. The van der Waals surface area contributed by atoms with Crippen molar-refractivity contribution in [2.45, 2.75) is 13.0 Å². The molecule has 1 N–H and O–H groups in total. The van der Waals surface area contributed by atoms with Crippen LogP contribution in [0, 0.1) is 0 Å². The first-order valence-electron chi connectivity index (χ1n) is 5.90. The lowest BCUT2D eigenvalue weighted by Gasteiger charge is -2.15. The number of rotatable bonds is 3. The number of benzene rings is 1. The standard InChI is InChI=1S/C13H12ClN5/c1-9(10-3-2-4-11(14)7-10)17-12-13-18-16-8-19(13)6-5-15-12/h2-9H,1H3,(H,15,17). The van der Waals surface area contributed by atoms with Crippen LogP contribution >= 0.6 is 11.6 Å². The van der Waals surface area contributed by atoms with Crippen LogP contribution in [0.3, 0.4) is 0 Å². The lowest BCUT2D eigenvalue weighted by atomic mass is 10.1. The van der Waals surface area contributed by atoms with E-state index in [-0.39, 0.29) is 6.04 Å². The molecule has 0 bridgehead atoms. The number of nitrogens with one attached hydrogen (secondary N) is 1. The van der Waals surface area contributed by atoms with E-state index < -0.39 is 0 Å². The molecule has 0 aliphatic heterocycles. The molecule has 2 aromatic heterocycles. The van der Waals surface area contributed by atoms with Crippen molar-refractivity contribution >= 4 is 23.1 Å². The summed E-state index contributed by atoms with van der Waals surface area (Å²) in [7, 11) is 0. The first-order chi connectivity index (χ1) is 9.24. The highest BCUT2D eigenvalue weighted by molar-refractivity contribution is 6.30. The Morgan fingerprint density at radius 3 is 3.11 bits per heavy atom. The van der Waals surface area contributed by atoms with Gasteiger partial charge in [-0.1, -0.05) is 23.7 Å². The summed E-state index contributed by atoms with van der Waals surface area (Å²) >= 11 is 6.00. The molecule has 0 aliphatic rings. The maximum absolute atomic E-state index is 6.00. The van der Waals surface area contributed by atoms with E-state index in [1.165, 1.54) is 0 Å². The van der Waals surface area contributed by atoms with Gasteiger partial charge in [-0.15, -0.1) is 10.2 Å². The number of hydrogen-bond donors (Lipinski definition) is 1. The Kier molecular flexibility index (Phi) is 3.05. The van der Waals surface area contributed by atoms with Gasteiger partial charge in [0.2, 0.25) is 5.65 Å². The molecular weight excluding hydrogens is 262 g/mol.